The van der Waals surface area contributed by atoms with Crippen molar-refractivity contribution < 1.29 is 24.2 Å². The quantitative estimate of drug-likeness (QED) is 0.127. The molecule has 0 rings (SSSR count). The van der Waals surface area contributed by atoms with E-state index >= 15 is 0 Å². The van der Waals surface area contributed by atoms with E-state index in [1.54, 1.807) is 0 Å². The van der Waals surface area contributed by atoms with Gasteiger partial charge >= 0.3 is 0 Å². The van der Waals surface area contributed by atoms with E-state index in [2.05, 4.69) is 30.7 Å². The van der Waals surface area contributed by atoms with Crippen molar-refractivity contribution in [3.8, 4) is 0 Å². The van der Waals surface area contributed by atoms with Gasteiger partial charge in [-0.1, -0.05) is 70.4 Å². The second-order valence-corrected chi connectivity index (χ2v) is 9.33. The zero-order chi connectivity index (χ0) is 21.8. The summed E-state index contributed by atoms with van der Waals surface area (Å²) in [4.78, 5) is 30.0. The maximum Gasteiger partial charge on any atom is 0.245 e. The fourth-order valence-electron chi connectivity index (χ4n) is 3.01. The van der Waals surface area contributed by atoms with Crippen molar-refractivity contribution in [2.75, 3.05) is 13.2 Å². The third-order valence-electron chi connectivity index (χ3n) is 4.73. The fraction of sp³-hybridized carbons (Fsp3) is 0.818. The van der Waals surface area contributed by atoms with E-state index in [9.17, 15) is 9.90 Å². The van der Waals surface area contributed by atoms with E-state index in [1.165, 1.54) is 57.8 Å². The van der Waals surface area contributed by atoms with Gasteiger partial charge in [0, 0.05) is 6.42 Å². The molecule has 172 valence electrons. The molecule has 29 heavy (non-hydrogen) atoms. The van der Waals surface area contributed by atoms with Gasteiger partial charge in [-0.15, -0.1) is 0 Å². The Bertz CT molecular complexity index is 464. The number of hydrogen-bond acceptors (Lipinski definition) is 5. The number of hydrogen-bond donors (Lipinski definition) is 4. The summed E-state index contributed by atoms with van der Waals surface area (Å²) in [6, 6.07) is -0.647. The number of rotatable bonds is 20. The van der Waals surface area contributed by atoms with Crippen molar-refractivity contribution in [3.63, 3.8) is 0 Å². The summed E-state index contributed by atoms with van der Waals surface area (Å²) >= 11 is 0. The number of unbranched alkanes of at least 4 members (excludes halogenated alkanes) is 11. The first-order valence-electron chi connectivity index (χ1n) is 11.3. The van der Waals surface area contributed by atoms with Gasteiger partial charge in [0.2, 0.25) is 13.5 Å². The lowest BCUT2D eigenvalue weighted by molar-refractivity contribution is -0.122. The molecule has 4 N–H and O–H groups in total. The topological polar surface area (TPSA) is 99.0 Å². The Kier molecular flexibility index (Phi) is 18.9. The van der Waals surface area contributed by atoms with Crippen LogP contribution in [0.25, 0.3) is 0 Å². The standard InChI is InChI=1S/C22H44NO5P/c1-3-4-5-6-7-8-9-10-11-12-13-14-15-16-17-18-22(25)23-21(19-24)20-28-29(2,26)27/h10-11,21,24,26-27H,2-9,12-20H2,1H3,(H,23,25)/b11-10-/t21-/m0/s1. The number of allylic oxidation sites excluding steroid dienone is 2. The van der Waals surface area contributed by atoms with Crippen LogP contribution in [0.5, 0.6) is 0 Å². The zero-order valence-corrected chi connectivity index (χ0v) is 19.3. The molecule has 1 atom stereocenters. The maximum atomic E-state index is 11.9. The summed E-state index contributed by atoms with van der Waals surface area (Å²) in [5, 5.41) is 11.8. The van der Waals surface area contributed by atoms with Crippen LogP contribution in [-0.2, 0) is 9.32 Å². The van der Waals surface area contributed by atoms with E-state index in [0.29, 0.717) is 6.42 Å². The van der Waals surface area contributed by atoms with Gasteiger partial charge < -0.3 is 24.7 Å². The largest absolute Gasteiger partial charge is 0.394 e. The molecule has 0 radical (unpaired) electrons. The molecule has 0 bridgehead atoms. The summed E-state index contributed by atoms with van der Waals surface area (Å²) in [6.07, 6.45) is 23.8. The minimum absolute atomic E-state index is 0.158. The van der Waals surface area contributed by atoms with Gasteiger partial charge in [0.1, 0.15) is 0 Å². The lowest BCUT2D eigenvalue weighted by atomic mass is 10.1. The van der Waals surface area contributed by atoms with Gasteiger partial charge in [0.15, 0.2) is 0 Å². The number of aliphatic hydroxyl groups excluding tert-OH is 1. The SMILES string of the molecule is C=P(O)(O)OC[C@H](CO)NC(=O)CCCCCCC/C=C\CCCCCCCC. The molecule has 0 aromatic rings. The Balaban J connectivity index is 3.49. The Labute approximate surface area is 178 Å². The Hall–Kier alpha value is -0.650. The number of amides is 1. The normalized spacial score (nSPS) is 13.1. The maximum absolute atomic E-state index is 11.9. The Morgan fingerprint density at radius 2 is 1.48 bits per heavy atom. The first-order chi connectivity index (χ1) is 13.9. The highest BCUT2D eigenvalue weighted by molar-refractivity contribution is 7.57. The molecule has 6 nitrogen and oxygen atoms in total. The van der Waals surface area contributed by atoms with Gasteiger partial charge in [-0.05, 0) is 38.4 Å². The van der Waals surface area contributed by atoms with Gasteiger partial charge in [-0.2, -0.15) is 0 Å². The van der Waals surface area contributed by atoms with Crippen molar-refractivity contribution >= 4 is 19.8 Å². The molecule has 0 unspecified atom stereocenters. The van der Waals surface area contributed by atoms with Crippen LogP contribution < -0.4 is 5.32 Å². The van der Waals surface area contributed by atoms with Crippen LogP contribution in [0.3, 0.4) is 0 Å². The minimum Gasteiger partial charge on any atom is -0.394 e. The molecule has 0 aromatic carbocycles. The highest BCUT2D eigenvalue weighted by Crippen LogP contribution is 2.34. The lowest BCUT2D eigenvalue weighted by Crippen LogP contribution is -2.40. The Morgan fingerprint density at radius 3 is 2.00 bits per heavy atom. The monoisotopic (exact) mass is 433 g/mol. The molecule has 0 fully saturated rings. The van der Waals surface area contributed by atoms with Gasteiger partial charge in [-0.25, -0.2) is 0 Å². The van der Waals surface area contributed by atoms with Crippen LogP contribution in [-0.4, -0.2) is 46.4 Å². The molecule has 0 heterocycles. The van der Waals surface area contributed by atoms with E-state index in [0.717, 1.165) is 25.7 Å². The highest BCUT2D eigenvalue weighted by Gasteiger charge is 2.14. The van der Waals surface area contributed by atoms with Crippen LogP contribution in [0.1, 0.15) is 96.8 Å². The average molecular weight is 434 g/mol. The van der Waals surface area contributed by atoms with Crippen LogP contribution in [0.4, 0.5) is 0 Å². The van der Waals surface area contributed by atoms with E-state index in [4.69, 9.17) is 14.3 Å². The van der Waals surface area contributed by atoms with Crippen molar-refractivity contribution in [1.82, 2.24) is 5.32 Å². The molecule has 0 aromatic heterocycles. The predicted octanol–water partition coefficient (Wildman–Crippen LogP) is 4.70. The predicted molar refractivity (Wildman–Crippen MR) is 123 cm³/mol. The lowest BCUT2D eigenvalue weighted by Gasteiger charge is -2.18. The van der Waals surface area contributed by atoms with Crippen molar-refractivity contribution in [2.45, 2.75) is 103 Å². The van der Waals surface area contributed by atoms with Crippen molar-refractivity contribution in [2.24, 2.45) is 0 Å². The molecule has 1 amide bonds. The fourth-order valence-corrected chi connectivity index (χ4v) is 3.42. The van der Waals surface area contributed by atoms with E-state index in [-0.39, 0.29) is 19.1 Å². The Morgan fingerprint density at radius 1 is 0.966 bits per heavy atom. The van der Waals surface area contributed by atoms with Gasteiger partial charge in [0.05, 0.1) is 19.3 Å². The average Bonchev–Trinajstić information content (AvgIpc) is 2.67. The third kappa shape index (κ3) is 21.9. The van der Waals surface area contributed by atoms with Crippen LogP contribution in [0.15, 0.2) is 12.2 Å². The van der Waals surface area contributed by atoms with Crippen LogP contribution in [0, 0.1) is 0 Å². The molecule has 0 aliphatic carbocycles. The first kappa shape index (κ1) is 28.4. The molecular formula is C22H44NO5P. The summed E-state index contributed by atoms with van der Waals surface area (Å²) in [6.45, 7) is 1.76. The molecule has 0 spiro atoms. The molecule has 0 aliphatic heterocycles. The zero-order valence-electron chi connectivity index (χ0n) is 18.4. The van der Waals surface area contributed by atoms with Gasteiger partial charge in [0.25, 0.3) is 0 Å². The van der Waals surface area contributed by atoms with E-state index in [1.807, 2.05) is 0 Å². The number of aliphatic hydroxyl groups is 1. The second-order valence-electron chi connectivity index (χ2n) is 7.74. The van der Waals surface area contributed by atoms with Gasteiger partial charge in [-0.3, -0.25) is 4.79 Å². The highest BCUT2D eigenvalue weighted by atomic mass is 31.2. The van der Waals surface area contributed by atoms with Crippen LogP contribution in [0.2, 0.25) is 0 Å². The van der Waals surface area contributed by atoms with E-state index < -0.39 is 13.6 Å². The summed E-state index contributed by atoms with van der Waals surface area (Å²) in [5.41, 5.74) is 0. The van der Waals surface area contributed by atoms with Crippen molar-refractivity contribution in [1.29, 1.82) is 0 Å². The second kappa shape index (κ2) is 19.3. The molecule has 0 saturated carbocycles. The minimum atomic E-state index is -3.60. The molecule has 0 saturated heterocycles. The third-order valence-corrected chi connectivity index (χ3v) is 5.30. The number of carbonyl (C=O) groups excluding carboxylic acids is 1. The number of carbonyl (C=O) groups is 1. The van der Waals surface area contributed by atoms with Crippen molar-refractivity contribution in [3.05, 3.63) is 12.2 Å². The summed E-state index contributed by atoms with van der Waals surface area (Å²) < 4.78 is 4.75. The molecular weight excluding hydrogens is 389 g/mol. The van der Waals surface area contributed by atoms with Crippen LogP contribution >= 0.6 is 7.57 Å². The molecule has 7 heteroatoms. The number of nitrogens with one attached hydrogen (secondary N) is 1. The summed E-state index contributed by atoms with van der Waals surface area (Å²) in [5.74, 6) is -0.158. The summed E-state index contributed by atoms with van der Waals surface area (Å²) in [7, 11) is -3.60. The smallest absolute Gasteiger partial charge is 0.245 e. The molecule has 0 aliphatic rings. The first-order valence-corrected chi connectivity index (χ1v) is 13.1.